The normalized spacial score (nSPS) is 15.8. The average molecular weight is 322 g/mol. The second-order valence-electron chi connectivity index (χ2n) is 5.22. The van der Waals surface area contributed by atoms with Gasteiger partial charge in [-0.2, -0.15) is 11.8 Å². The number of nitro groups is 1. The topological polar surface area (TPSA) is 84.8 Å². The molecule has 0 bridgehead atoms. The van der Waals surface area contributed by atoms with Crippen LogP contribution in [0.1, 0.15) is 18.4 Å². The van der Waals surface area contributed by atoms with Crippen LogP contribution in [0.15, 0.2) is 29.3 Å². The van der Waals surface area contributed by atoms with Crippen LogP contribution < -0.4 is 5.73 Å². The number of nitrogens with zero attached hydrogens (tertiary/aromatic N) is 3. The van der Waals surface area contributed by atoms with Crippen LogP contribution in [-0.2, 0) is 6.42 Å². The molecule has 1 saturated heterocycles. The smallest absolute Gasteiger partial charge is 0.269 e. The van der Waals surface area contributed by atoms with E-state index >= 15 is 0 Å². The number of rotatable bonds is 6. The van der Waals surface area contributed by atoms with Crippen LogP contribution in [0.4, 0.5) is 5.69 Å². The fourth-order valence-electron chi connectivity index (χ4n) is 2.31. The number of guanidine groups is 1. The third-order valence-electron chi connectivity index (χ3n) is 3.63. The number of nitro benzene ring substituents is 1. The average Bonchev–Trinajstić information content (AvgIpc) is 2.55. The van der Waals surface area contributed by atoms with Gasteiger partial charge in [-0.25, -0.2) is 0 Å². The summed E-state index contributed by atoms with van der Waals surface area (Å²) in [6, 6.07) is 6.75. The lowest BCUT2D eigenvalue weighted by Crippen LogP contribution is -2.42. The van der Waals surface area contributed by atoms with Crippen LogP contribution in [-0.4, -0.2) is 46.9 Å². The van der Waals surface area contributed by atoms with Gasteiger partial charge in [0.05, 0.1) is 4.92 Å². The summed E-state index contributed by atoms with van der Waals surface area (Å²) < 4.78 is 0. The van der Waals surface area contributed by atoms with Crippen molar-refractivity contribution >= 4 is 23.4 Å². The van der Waals surface area contributed by atoms with Gasteiger partial charge in [-0.1, -0.05) is 12.1 Å². The first-order chi connectivity index (χ1) is 10.7. The number of hydrogen-bond acceptors (Lipinski definition) is 4. The van der Waals surface area contributed by atoms with Crippen molar-refractivity contribution in [2.24, 2.45) is 10.7 Å². The number of unbranched alkanes of at least 4 members (excludes halogenated alkanes) is 1. The van der Waals surface area contributed by atoms with Gasteiger partial charge in [0.15, 0.2) is 5.96 Å². The first-order valence-corrected chi connectivity index (χ1v) is 8.68. The van der Waals surface area contributed by atoms with Crippen LogP contribution in [0.3, 0.4) is 0 Å². The summed E-state index contributed by atoms with van der Waals surface area (Å²) in [4.78, 5) is 16.8. The first-order valence-electron chi connectivity index (χ1n) is 7.53. The number of benzene rings is 1. The van der Waals surface area contributed by atoms with Crippen LogP contribution in [0.2, 0.25) is 0 Å². The van der Waals surface area contributed by atoms with Crippen molar-refractivity contribution in [2.75, 3.05) is 31.1 Å². The summed E-state index contributed by atoms with van der Waals surface area (Å²) in [6.07, 6.45) is 2.89. The van der Waals surface area contributed by atoms with Crippen LogP contribution >= 0.6 is 11.8 Å². The molecule has 0 atom stereocenters. The Morgan fingerprint density at radius 1 is 1.27 bits per heavy atom. The maximum absolute atomic E-state index is 10.6. The fourth-order valence-corrected chi connectivity index (χ4v) is 3.21. The summed E-state index contributed by atoms with van der Waals surface area (Å²) >= 11 is 1.95. The Hall–Kier alpha value is -1.76. The number of aryl methyl sites for hydroxylation is 1. The minimum atomic E-state index is -0.375. The molecule has 2 N–H and O–H groups in total. The summed E-state index contributed by atoms with van der Waals surface area (Å²) in [5.74, 6) is 2.91. The molecule has 0 radical (unpaired) electrons. The highest BCUT2D eigenvalue weighted by molar-refractivity contribution is 7.99. The molecule has 1 aromatic rings. The number of non-ortho nitro benzene ring substituents is 1. The number of hydrogen-bond donors (Lipinski definition) is 1. The predicted octanol–water partition coefficient (Wildman–Crippen LogP) is 2.28. The molecule has 0 aliphatic carbocycles. The Morgan fingerprint density at radius 2 is 1.95 bits per heavy atom. The molecule has 0 aromatic heterocycles. The summed E-state index contributed by atoms with van der Waals surface area (Å²) in [7, 11) is 0. The molecule has 0 unspecified atom stereocenters. The quantitative estimate of drug-likeness (QED) is 0.285. The van der Waals surface area contributed by atoms with Crippen LogP contribution in [0.5, 0.6) is 0 Å². The monoisotopic (exact) mass is 322 g/mol. The lowest BCUT2D eigenvalue weighted by molar-refractivity contribution is -0.384. The van der Waals surface area contributed by atoms with Crippen LogP contribution in [0.25, 0.3) is 0 Å². The maximum atomic E-state index is 10.6. The van der Waals surface area contributed by atoms with Crippen molar-refractivity contribution in [3.8, 4) is 0 Å². The Kier molecular flexibility index (Phi) is 6.51. The van der Waals surface area contributed by atoms with Gasteiger partial charge >= 0.3 is 0 Å². The maximum Gasteiger partial charge on any atom is 0.269 e. The Bertz CT molecular complexity index is 513. The molecule has 1 aliphatic heterocycles. The van der Waals surface area contributed by atoms with Crippen molar-refractivity contribution in [3.05, 3.63) is 39.9 Å². The van der Waals surface area contributed by atoms with Gasteiger partial charge in [0.1, 0.15) is 0 Å². The SMILES string of the molecule is NC(=NCCCCc1ccc([N+](=O)[O-])cc1)N1CCSCC1. The van der Waals surface area contributed by atoms with Crippen molar-refractivity contribution < 1.29 is 4.92 Å². The highest BCUT2D eigenvalue weighted by atomic mass is 32.2. The second-order valence-corrected chi connectivity index (χ2v) is 6.44. The van der Waals surface area contributed by atoms with Gasteiger partial charge in [-0.3, -0.25) is 15.1 Å². The van der Waals surface area contributed by atoms with Gasteiger partial charge in [0.2, 0.25) is 0 Å². The summed E-state index contributed by atoms with van der Waals surface area (Å²) in [6.45, 7) is 2.72. The summed E-state index contributed by atoms with van der Waals surface area (Å²) in [5, 5.41) is 10.6. The molecule has 1 aliphatic rings. The molecule has 1 aromatic carbocycles. The third kappa shape index (κ3) is 5.22. The number of nitrogens with two attached hydrogens (primary N) is 1. The highest BCUT2D eigenvalue weighted by Gasteiger charge is 2.11. The zero-order chi connectivity index (χ0) is 15.8. The van der Waals surface area contributed by atoms with E-state index in [1.165, 1.54) is 0 Å². The van der Waals surface area contributed by atoms with Crippen molar-refractivity contribution in [1.82, 2.24) is 4.90 Å². The van der Waals surface area contributed by atoms with E-state index in [9.17, 15) is 10.1 Å². The largest absolute Gasteiger partial charge is 0.370 e. The zero-order valence-electron chi connectivity index (χ0n) is 12.6. The van der Waals surface area contributed by atoms with E-state index < -0.39 is 0 Å². The van der Waals surface area contributed by atoms with Gasteiger partial charge < -0.3 is 10.6 Å². The molecular formula is C15H22N4O2S. The Balaban J connectivity index is 1.67. The van der Waals surface area contributed by atoms with Crippen molar-refractivity contribution in [1.29, 1.82) is 0 Å². The van der Waals surface area contributed by atoms with E-state index in [1.807, 2.05) is 23.9 Å². The van der Waals surface area contributed by atoms with Gasteiger partial charge in [0, 0.05) is 43.3 Å². The lowest BCUT2D eigenvalue weighted by Gasteiger charge is -2.27. The molecule has 6 nitrogen and oxygen atoms in total. The molecule has 0 spiro atoms. The van der Waals surface area contributed by atoms with E-state index in [0.29, 0.717) is 5.96 Å². The van der Waals surface area contributed by atoms with Gasteiger partial charge in [-0.15, -0.1) is 0 Å². The molecule has 120 valence electrons. The Morgan fingerprint density at radius 3 is 2.59 bits per heavy atom. The Labute approximate surface area is 134 Å². The minimum absolute atomic E-state index is 0.140. The summed E-state index contributed by atoms with van der Waals surface area (Å²) in [5.41, 5.74) is 7.25. The molecule has 22 heavy (non-hydrogen) atoms. The molecule has 1 heterocycles. The molecule has 7 heteroatoms. The number of aliphatic imine (C=N–C) groups is 1. The molecule has 1 fully saturated rings. The van der Waals surface area contributed by atoms with E-state index in [-0.39, 0.29) is 10.6 Å². The standard InChI is InChI=1S/C15H22N4O2S/c16-15(18-9-11-22-12-10-18)17-8-2-1-3-13-4-6-14(7-5-13)19(20)21/h4-7H,1-3,8-12H2,(H2,16,17). The van der Waals surface area contributed by atoms with E-state index in [2.05, 4.69) is 9.89 Å². The first kappa shape index (κ1) is 16.6. The molecule has 2 rings (SSSR count). The second kappa shape index (κ2) is 8.63. The predicted molar refractivity (Wildman–Crippen MR) is 91.4 cm³/mol. The molecular weight excluding hydrogens is 300 g/mol. The highest BCUT2D eigenvalue weighted by Crippen LogP contribution is 2.13. The van der Waals surface area contributed by atoms with Gasteiger partial charge in [0.25, 0.3) is 5.69 Å². The molecule has 0 amide bonds. The molecule has 0 saturated carbocycles. The van der Waals surface area contributed by atoms with Crippen LogP contribution in [0, 0.1) is 10.1 Å². The van der Waals surface area contributed by atoms with Gasteiger partial charge in [-0.05, 0) is 24.8 Å². The third-order valence-corrected chi connectivity index (χ3v) is 4.57. The van der Waals surface area contributed by atoms with E-state index in [1.54, 1.807) is 12.1 Å². The fraction of sp³-hybridized carbons (Fsp3) is 0.533. The van der Waals surface area contributed by atoms with Crippen molar-refractivity contribution in [3.63, 3.8) is 0 Å². The van der Waals surface area contributed by atoms with E-state index in [0.717, 1.165) is 56.0 Å². The number of thioether (sulfide) groups is 1. The minimum Gasteiger partial charge on any atom is -0.370 e. The lowest BCUT2D eigenvalue weighted by atomic mass is 10.1. The van der Waals surface area contributed by atoms with E-state index in [4.69, 9.17) is 5.73 Å². The zero-order valence-corrected chi connectivity index (χ0v) is 13.4. The van der Waals surface area contributed by atoms with Crippen molar-refractivity contribution in [2.45, 2.75) is 19.3 Å².